The molecular weight excluding hydrogens is 523 g/mol. The van der Waals surface area contributed by atoms with E-state index in [0.29, 0.717) is 43.0 Å². The maximum Gasteiger partial charge on any atom is 0.451 e. The van der Waals surface area contributed by atoms with Crippen molar-refractivity contribution in [3.05, 3.63) is 76.8 Å². The highest BCUT2D eigenvalue weighted by Crippen LogP contribution is 2.34. The topological polar surface area (TPSA) is 104 Å². The van der Waals surface area contributed by atoms with Crippen LogP contribution < -0.4 is 5.32 Å². The predicted molar refractivity (Wildman–Crippen MR) is 130 cm³/mol. The molecule has 1 saturated heterocycles. The molecule has 1 amide bonds. The summed E-state index contributed by atoms with van der Waals surface area (Å²) >= 11 is 0. The Balaban J connectivity index is 1.45. The summed E-state index contributed by atoms with van der Waals surface area (Å²) in [5, 5.41) is 14.0. The highest BCUT2D eigenvalue weighted by molar-refractivity contribution is 5.79. The maximum atomic E-state index is 14.0. The number of amides is 1. The molecule has 1 unspecified atom stereocenters. The van der Waals surface area contributed by atoms with E-state index in [9.17, 15) is 31.9 Å². The van der Waals surface area contributed by atoms with Crippen molar-refractivity contribution in [2.45, 2.75) is 50.8 Å². The molecule has 1 atom stereocenters. The van der Waals surface area contributed by atoms with E-state index in [2.05, 4.69) is 25.3 Å². The molecule has 1 fully saturated rings. The van der Waals surface area contributed by atoms with Gasteiger partial charge in [0.05, 0.1) is 12.1 Å². The molecule has 0 spiro atoms. The number of carbonyl (C=O) groups excluding carboxylic acids is 1. The molecule has 0 aliphatic carbocycles. The minimum atomic E-state index is -4.71. The van der Waals surface area contributed by atoms with E-state index in [-0.39, 0.29) is 30.3 Å². The molecule has 39 heavy (non-hydrogen) atoms. The van der Waals surface area contributed by atoms with Crippen LogP contribution in [0.2, 0.25) is 0 Å². The molecule has 2 aromatic heterocycles. The highest BCUT2D eigenvalue weighted by atomic mass is 19.4. The number of aliphatic hydroxyl groups is 1. The van der Waals surface area contributed by atoms with Crippen molar-refractivity contribution in [1.29, 1.82) is 0 Å². The lowest BCUT2D eigenvalue weighted by Crippen LogP contribution is -2.40. The predicted octanol–water partition coefficient (Wildman–Crippen LogP) is 4.14. The summed E-state index contributed by atoms with van der Waals surface area (Å²) in [6.07, 6.45) is -1.67. The number of hydrogen-bond acceptors (Lipinski definition) is 7. The number of alkyl halides is 3. The zero-order chi connectivity index (χ0) is 28.4. The summed E-state index contributed by atoms with van der Waals surface area (Å²) in [5.74, 6) is -3.03. The number of piperidine rings is 1. The second kappa shape index (κ2) is 11.2. The molecule has 208 valence electrons. The number of aryl methyl sites for hydroxylation is 1. The molecule has 0 radical (unpaired) electrons. The third-order valence-electron chi connectivity index (χ3n) is 6.67. The number of aromatic nitrogens is 4. The number of anilines is 1. The zero-order valence-electron chi connectivity index (χ0n) is 21.3. The smallest absolute Gasteiger partial charge is 0.383 e. The average Bonchev–Trinajstić information content (AvgIpc) is 2.89. The molecular formula is C26H27F5N6O2. The fourth-order valence-corrected chi connectivity index (χ4v) is 4.53. The van der Waals surface area contributed by atoms with E-state index in [1.807, 2.05) is 0 Å². The van der Waals surface area contributed by atoms with E-state index >= 15 is 0 Å². The Kier molecular flexibility index (Phi) is 8.09. The van der Waals surface area contributed by atoms with Gasteiger partial charge in [0.1, 0.15) is 28.9 Å². The first-order chi connectivity index (χ1) is 18.3. The largest absolute Gasteiger partial charge is 0.451 e. The van der Waals surface area contributed by atoms with Gasteiger partial charge >= 0.3 is 6.18 Å². The van der Waals surface area contributed by atoms with Gasteiger partial charge in [-0.2, -0.15) is 13.2 Å². The van der Waals surface area contributed by atoms with Crippen LogP contribution in [0.3, 0.4) is 0 Å². The molecule has 13 heteroatoms. The second-order valence-corrected chi connectivity index (χ2v) is 9.64. The maximum absolute atomic E-state index is 14.0. The highest BCUT2D eigenvalue weighted by Gasteiger charge is 2.36. The third kappa shape index (κ3) is 6.64. The Morgan fingerprint density at radius 1 is 1.10 bits per heavy atom. The van der Waals surface area contributed by atoms with Gasteiger partial charge in [0, 0.05) is 49.1 Å². The Labute approximate surface area is 221 Å². The van der Waals surface area contributed by atoms with Crippen LogP contribution in [-0.2, 0) is 23.0 Å². The van der Waals surface area contributed by atoms with E-state index in [4.69, 9.17) is 0 Å². The van der Waals surface area contributed by atoms with Crippen molar-refractivity contribution in [3.8, 4) is 0 Å². The Morgan fingerprint density at radius 2 is 1.77 bits per heavy atom. The first kappa shape index (κ1) is 28.3. The molecule has 2 N–H and O–H groups in total. The summed E-state index contributed by atoms with van der Waals surface area (Å²) in [4.78, 5) is 29.7. The summed E-state index contributed by atoms with van der Waals surface area (Å²) in [6.45, 7) is 3.64. The third-order valence-corrected chi connectivity index (χ3v) is 6.67. The summed E-state index contributed by atoms with van der Waals surface area (Å²) < 4.78 is 66.8. The van der Waals surface area contributed by atoms with Crippen LogP contribution in [0.5, 0.6) is 0 Å². The normalized spacial score (nSPS) is 16.2. The van der Waals surface area contributed by atoms with Crippen LogP contribution in [0, 0.1) is 18.6 Å². The molecule has 3 aromatic rings. The zero-order valence-corrected chi connectivity index (χ0v) is 21.3. The Bertz CT molecular complexity index is 1320. The SMILES string of the molecule is Cc1ncc(C(C)(O)CNc2ccnc(C(F)(F)F)n2)c(C2CCN(C(=O)Cc3c(F)cccc3F)CC2)n1. The van der Waals surface area contributed by atoms with Gasteiger partial charge in [0.15, 0.2) is 0 Å². The van der Waals surface area contributed by atoms with Gasteiger partial charge in [-0.3, -0.25) is 4.79 Å². The van der Waals surface area contributed by atoms with Crippen LogP contribution in [-0.4, -0.2) is 55.5 Å². The van der Waals surface area contributed by atoms with Crippen molar-refractivity contribution in [1.82, 2.24) is 24.8 Å². The molecule has 1 aliphatic rings. The van der Waals surface area contributed by atoms with E-state index < -0.39 is 35.1 Å². The van der Waals surface area contributed by atoms with Crippen molar-refractivity contribution >= 4 is 11.7 Å². The van der Waals surface area contributed by atoms with Gasteiger partial charge in [-0.05, 0) is 44.9 Å². The van der Waals surface area contributed by atoms with Gasteiger partial charge in [0.2, 0.25) is 11.7 Å². The number of likely N-dealkylation sites (tertiary alicyclic amines) is 1. The fraction of sp³-hybridized carbons (Fsp3) is 0.423. The van der Waals surface area contributed by atoms with Crippen LogP contribution >= 0.6 is 0 Å². The molecule has 8 nitrogen and oxygen atoms in total. The quantitative estimate of drug-likeness (QED) is 0.426. The monoisotopic (exact) mass is 550 g/mol. The van der Waals surface area contributed by atoms with Gasteiger partial charge in [-0.1, -0.05) is 6.07 Å². The van der Waals surface area contributed by atoms with Gasteiger partial charge in [-0.15, -0.1) is 0 Å². The number of carbonyl (C=O) groups is 1. The minimum Gasteiger partial charge on any atom is -0.383 e. The van der Waals surface area contributed by atoms with Crippen LogP contribution in [0.25, 0.3) is 0 Å². The van der Waals surface area contributed by atoms with Crippen LogP contribution in [0.15, 0.2) is 36.7 Å². The molecule has 0 bridgehead atoms. The second-order valence-electron chi connectivity index (χ2n) is 9.64. The number of nitrogens with zero attached hydrogens (tertiary/aromatic N) is 5. The summed E-state index contributed by atoms with van der Waals surface area (Å²) in [5.41, 5.74) is -0.890. The summed E-state index contributed by atoms with van der Waals surface area (Å²) in [6, 6.07) is 4.72. The van der Waals surface area contributed by atoms with Crippen molar-refractivity contribution < 1.29 is 31.9 Å². The number of rotatable bonds is 7. The molecule has 0 saturated carbocycles. The van der Waals surface area contributed by atoms with Gasteiger partial charge in [0.25, 0.3) is 0 Å². The number of benzene rings is 1. The fourth-order valence-electron chi connectivity index (χ4n) is 4.53. The van der Waals surface area contributed by atoms with Crippen molar-refractivity contribution in [3.63, 3.8) is 0 Å². The molecule has 4 rings (SSSR count). The van der Waals surface area contributed by atoms with Crippen molar-refractivity contribution in [2.24, 2.45) is 0 Å². The van der Waals surface area contributed by atoms with Gasteiger partial charge in [-0.25, -0.2) is 28.7 Å². The van der Waals surface area contributed by atoms with E-state index in [1.165, 1.54) is 25.3 Å². The lowest BCUT2D eigenvalue weighted by molar-refractivity contribution is -0.144. The molecule has 3 heterocycles. The van der Waals surface area contributed by atoms with E-state index in [1.54, 1.807) is 11.8 Å². The Hall–Kier alpha value is -3.74. The Morgan fingerprint density at radius 3 is 2.41 bits per heavy atom. The number of halogens is 5. The molecule has 1 aromatic carbocycles. The van der Waals surface area contributed by atoms with E-state index in [0.717, 1.165) is 18.3 Å². The van der Waals surface area contributed by atoms with Gasteiger partial charge < -0.3 is 15.3 Å². The minimum absolute atomic E-state index is 0.106. The lowest BCUT2D eigenvalue weighted by Gasteiger charge is -2.34. The van der Waals surface area contributed by atoms with Crippen LogP contribution in [0.1, 0.15) is 54.2 Å². The number of nitrogens with one attached hydrogen (secondary N) is 1. The summed E-state index contributed by atoms with van der Waals surface area (Å²) in [7, 11) is 0. The first-order valence-electron chi connectivity index (χ1n) is 12.3. The number of hydrogen-bond donors (Lipinski definition) is 2. The lowest BCUT2D eigenvalue weighted by atomic mass is 9.85. The molecule has 1 aliphatic heterocycles. The van der Waals surface area contributed by atoms with Crippen LogP contribution in [0.4, 0.5) is 27.8 Å². The standard InChI is InChI=1S/C26H27F5N6O2/c1-15-33-13-18(25(2,39)14-34-21-6-9-32-24(36-21)26(29,30)31)23(35-15)16-7-10-37(11-8-16)22(38)12-17-19(27)4-3-5-20(17)28/h3-6,9,13,16,39H,7-8,10-12,14H2,1-2H3,(H,32,34,36). The van der Waals surface area contributed by atoms with Crippen molar-refractivity contribution in [2.75, 3.05) is 25.0 Å². The average molecular weight is 551 g/mol. The first-order valence-corrected chi connectivity index (χ1v) is 12.3.